The van der Waals surface area contributed by atoms with Crippen molar-refractivity contribution in [2.24, 2.45) is 0 Å². The van der Waals surface area contributed by atoms with Gasteiger partial charge in [0.2, 0.25) is 0 Å². The van der Waals surface area contributed by atoms with E-state index in [4.69, 9.17) is 11.6 Å². The summed E-state index contributed by atoms with van der Waals surface area (Å²) in [6.45, 7) is 1.87. The first kappa shape index (κ1) is 9.62. The highest BCUT2D eigenvalue weighted by atomic mass is 35.5. The minimum absolute atomic E-state index is 0.0260. The molecule has 0 saturated carbocycles. The van der Waals surface area contributed by atoms with Gasteiger partial charge in [-0.15, -0.1) is 0 Å². The number of ketones is 1. The monoisotopic (exact) mass is 200 g/mol. The fraction of sp³-hybridized carbons (Fsp3) is 0.222. The predicted octanol–water partition coefficient (Wildman–Crippen LogP) is 2.76. The highest BCUT2D eigenvalue weighted by Gasteiger charge is 2.04. The van der Waals surface area contributed by atoms with Gasteiger partial charge in [-0.1, -0.05) is 11.6 Å². The van der Waals surface area contributed by atoms with Gasteiger partial charge in [-0.05, 0) is 30.7 Å². The van der Waals surface area contributed by atoms with Crippen molar-refractivity contribution in [1.82, 2.24) is 0 Å². The summed E-state index contributed by atoms with van der Waals surface area (Å²) in [4.78, 5) is 11.2. The molecular weight excluding hydrogens is 192 g/mol. The van der Waals surface area contributed by atoms with E-state index in [0.717, 1.165) is 5.56 Å². The van der Waals surface area contributed by atoms with Crippen LogP contribution in [0.5, 0.6) is 0 Å². The van der Waals surface area contributed by atoms with Crippen LogP contribution in [0, 0.1) is 6.92 Å². The minimum Gasteiger partial charge on any atom is -0.293 e. The number of benzene rings is 1. The molecule has 0 N–H and O–H groups in total. The first-order valence-corrected chi connectivity index (χ1v) is 4.56. The van der Waals surface area contributed by atoms with Gasteiger partial charge >= 0.3 is 0 Å². The molecular formula is C9H9ClOS. The van der Waals surface area contributed by atoms with Crippen LogP contribution in [0.25, 0.3) is 0 Å². The Hall–Kier alpha value is -0.470. The van der Waals surface area contributed by atoms with E-state index in [2.05, 4.69) is 12.6 Å². The molecule has 0 saturated heterocycles. The zero-order valence-corrected chi connectivity index (χ0v) is 8.32. The Balaban J connectivity index is 3.05. The molecule has 0 fully saturated rings. The maximum Gasteiger partial charge on any atom is 0.172 e. The number of aryl methyl sites for hydroxylation is 1. The number of carbonyl (C=O) groups is 1. The Kier molecular flexibility index (Phi) is 3.18. The van der Waals surface area contributed by atoms with E-state index in [-0.39, 0.29) is 11.5 Å². The van der Waals surface area contributed by atoms with Crippen LogP contribution in [0.15, 0.2) is 18.2 Å². The van der Waals surface area contributed by atoms with Gasteiger partial charge in [-0.3, -0.25) is 4.79 Å². The van der Waals surface area contributed by atoms with Crippen LogP contribution in [0.4, 0.5) is 0 Å². The molecule has 1 aromatic rings. The molecule has 0 atom stereocenters. The molecule has 12 heavy (non-hydrogen) atoms. The number of Topliss-reactive ketones (excluding diaryl/α,β-unsaturated/α-hetero) is 1. The Morgan fingerprint density at radius 3 is 2.75 bits per heavy atom. The second-order valence-electron chi connectivity index (χ2n) is 2.55. The summed E-state index contributed by atoms with van der Waals surface area (Å²) in [7, 11) is 0. The van der Waals surface area contributed by atoms with Gasteiger partial charge in [0.15, 0.2) is 5.78 Å². The molecule has 0 amide bonds. The molecule has 0 spiro atoms. The van der Waals surface area contributed by atoms with E-state index in [0.29, 0.717) is 10.6 Å². The zero-order chi connectivity index (χ0) is 9.14. The second-order valence-corrected chi connectivity index (χ2v) is 3.27. The molecule has 1 nitrogen and oxygen atoms in total. The van der Waals surface area contributed by atoms with E-state index in [1.807, 2.05) is 6.92 Å². The Bertz CT molecular complexity index is 309. The van der Waals surface area contributed by atoms with Crippen molar-refractivity contribution in [3.05, 3.63) is 34.3 Å². The number of thiol groups is 1. The van der Waals surface area contributed by atoms with Crippen molar-refractivity contribution < 1.29 is 4.79 Å². The van der Waals surface area contributed by atoms with E-state index in [9.17, 15) is 4.79 Å². The summed E-state index contributed by atoms with van der Waals surface area (Å²) < 4.78 is 0. The van der Waals surface area contributed by atoms with Crippen molar-refractivity contribution >= 4 is 30.0 Å². The molecule has 64 valence electrons. The van der Waals surface area contributed by atoms with Gasteiger partial charge in [-0.2, -0.15) is 12.6 Å². The maximum absolute atomic E-state index is 11.2. The summed E-state index contributed by atoms with van der Waals surface area (Å²) in [5, 5.41) is 0.686. The lowest BCUT2D eigenvalue weighted by Crippen LogP contribution is -2.00. The summed E-state index contributed by atoms with van der Waals surface area (Å²) in [6.07, 6.45) is 0. The topological polar surface area (TPSA) is 17.1 Å². The molecule has 0 bridgehead atoms. The predicted molar refractivity (Wildman–Crippen MR) is 54.4 cm³/mol. The highest BCUT2D eigenvalue weighted by Crippen LogP contribution is 2.16. The lowest BCUT2D eigenvalue weighted by molar-refractivity contribution is 0.102. The highest BCUT2D eigenvalue weighted by molar-refractivity contribution is 7.81. The summed E-state index contributed by atoms with van der Waals surface area (Å²) in [5.74, 6) is 0.263. The molecule has 0 aliphatic rings. The fourth-order valence-corrected chi connectivity index (χ4v) is 1.21. The van der Waals surface area contributed by atoms with E-state index < -0.39 is 0 Å². The largest absolute Gasteiger partial charge is 0.293 e. The van der Waals surface area contributed by atoms with Crippen molar-refractivity contribution in [2.75, 3.05) is 5.75 Å². The fourth-order valence-electron chi connectivity index (χ4n) is 0.909. The molecule has 1 aromatic carbocycles. The molecule has 0 heterocycles. The van der Waals surface area contributed by atoms with E-state index >= 15 is 0 Å². The molecule has 0 aromatic heterocycles. The van der Waals surface area contributed by atoms with Gasteiger partial charge in [0.25, 0.3) is 0 Å². The third kappa shape index (κ3) is 2.02. The van der Waals surface area contributed by atoms with E-state index in [1.165, 1.54) is 0 Å². The van der Waals surface area contributed by atoms with Gasteiger partial charge in [0.1, 0.15) is 0 Å². The quantitative estimate of drug-likeness (QED) is 0.574. The van der Waals surface area contributed by atoms with Gasteiger partial charge in [0, 0.05) is 10.6 Å². The third-order valence-electron chi connectivity index (χ3n) is 1.62. The summed E-state index contributed by atoms with van der Waals surface area (Å²) in [6, 6.07) is 5.22. The Morgan fingerprint density at radius 2 is 2.25 bits per heavy atom. The SMILES string of the molecule is Cc1cc(C(=O)CS)ccc1Cl. The normalized spacial score (nSPS) is 9.92. The lowest BCUT2D eigenvalue weighted by Gasteiger charge is -2.00. The van der Waals surface area contributed by atoms with Crippen LogP contribution in [0.1, 0.15) is 15.9 Å². The van der Waals surface area contributed by atoms with Gasteiger partial charge in [0.05, 0.1) is 5.75 Å². The molecule has 0 unspecified atom stereocenters. The number of hydrogen-bond donors (Lipinski definition) is 1. The summed E-state index contributed by atoms with van der Waals surface area (Å²) >= 11 is 9.70. The standard InChI is InChI=1S/C9H9ClOS/c1-6-4-7(9(11)5-12)2-3-8(6)10/h2-4,12H,5H2,1H3. The van der Waals surface area contributed by atoms with Crippen molar-refractivity contribution in [2.45, 2.75) is 6.92 Å². The van der Waals surface area contributed by atoms with Crippen LogP contribution >= 0.6 is 24.2 Å². The van der Waals surface area contributed by atoms with Crippen LogP contribution in [0.2, 0.25) is 5.02 Å². The van der Waals surface area contributed by atoms with Crippen LogP contribution in [-0.4, -0.2) is 11.5 Å². The minimum atomic E-state index is 0.0260. The van der Waals surface area contributed by atoms with Gasteiger partial charge in [-0.25, -0.2) is 0 Å². The van der Waals surface area contributed by atoms with Crippen molar-refractivity contribution in [3.8, 4) is 0 Å². The second kappa shape index (κ2) is 3.97. The van der Waals surface area contributed by atoms with Crippen LogP contribution in [-0.2, 0) is 0 Å². The van der Waals surface area contributed by atoms with Crippen molar-refractivity contribution in [1.29, 1.82) is 0 Å². The average Bonchev–Trinajstić information content (AvgIpc) is 2.08. The molecule has 0 aliphatic carbocycles. The van der Waals surface area contributed by atoms with E-state index in [1.54, 1.807) is 18.2 Å². The van der Waals surface area contributed by atoms with Crippen LogP contribution < -0.4 is 0 Å². The lowest BCUT2D eigenvalue weighted by atomic mass is 10.1. The average molecular weight is 201 g/mol. The Labute approximate surface area is 82.1 Å². The smallest absolute Gasteiger partial charge is 0.172 e. The third-order valence-corrected chi connectivity index (χ3v) is 2.33. The van der Waals surface area contributed by atoms with Gasteiger partial charge < -0.3 is 0 Å². The molecule has 3 heteroatoms. The molecule has 0 radical (unpaired) electrons. The summed E-state index contributed by atoms with van der Waals surface area (Å²) in [5.41, 5.74) is 1.59. The number of carbonyl (C=O) groups excluding carboxylic acids is 1. The molecule has 1 rings (SSSR count). The van der Waals surface area contributed by atoms with Crippen molar-refractivity contribution in [3.63, 3.8) is 0 Å². The first-order chi connectivity index (χ1) is 5.65. The number of hydrogen-bond acceptors (Lipinski definition) is 2. The maximum atomic E-state index is 11.2. The number of rotatable bonds is 2. The first-order valence-electron chi connectivity index (χ1n) is 3.55. The number of halogens is 1. The van der Waals surface area contributed by atoms with Crippen LogP contribution in [0.3, 0.4) is 0 Å². The molecule has 0 aliphatic heterocycles. The Morgan fingerprint density at radius 1 is 1.58 bits per heavy atom. The zero-order valence-electron chi connectivity index (χ0n) is 6.67.